The van der Waals surface area contributed by atoms with Crippen molar-refractivity contribution < 1.29 is 32.9 Å². The number of nitrogens with zero attached hydrogens (tertiary/aromatic N) is 1. The fourth-order valence-electron chi connectivity index (χ4n) is 9.69. The quantitative estimate of drug-likeness (QED) is 0.0243. The van der Waals surface area contributed by atoms with Gasteiger partial charge in [-0.1, -0.05) is 313 Å². The monoisotopic (exact) mass is 1240 g/mol. The Labute approximate surface area is 543 Å². The van der Waals surface area contributed by atoms with Crippen LogP contribution in [-0.2, 0) is 18.4 Å². The molecule has 3 atom stereocenters. The SMILES string of the molecule is CC/C=C\C/C=C\C/C=C\C/C=C\C/C=C\C/C=C\C/C=C\C/C=C\C/C=C\C/C=C\CCCCCCCCC(=O)NC(COP(=O)(O)OCC[N+](C)(C)C)C(O)/C=C/CC/C=C/CC/C=C/CCCCCCCCCCCCCCCCCCCCC. The Bertz CT molecular complexity index is 1990. The summed E-state index contributed by atoms with van der Waals surface area (Å²) in [6, 6.07) is -0.892. The molecule has 0 aliphatic heterocycles. The van der Waals surface area contributed by atoms with Gasteiger partial charge in [0.2, 0.25) is 5.91 Å². The van der Waals surface area contributed by atoms with Crippen LogP contribution >= 0.6 is 7.82 Å². The highest BCUT2D eigenvalue weighted by Gasteiger charge is 2.28. The molecule has 0 aliphatic rings. The first-order chi connectivity index (χ1) is 43.0. The van der Waals surface area contributed by atoms with Gasteiger partial charge in [0.25, 0.3) is 0 Å². The fraction of sp³-hybridized carbons (Fsp3) is 0.658. The zero-order valence-electron chi connectivity index (χ0n) is 57.4. The zero-order chi connectivity index (χ0) is 64.1. The predicted molar refractivity (Wildman–Crippen MR) is 387 cm³/mol. The van der Waals surface area contributed by atoms with Crippen molar-refractivity contribution in [3.8, 4) is 0 Å². The van der Waals surface area contributed by atoms with Gasteiger partial charge in [-0.3, -0.25) is 13.8 Å². The van der Waals surface area contributed by atoms with Crippen LogP contribution in [0.5, 0.6) is 0 Å². The molecule has 0 aromatic carbocycles. The van der Waals surface area contributed by atoms with E-state index in [2.05, 4.69) is 165 Å². The summed E-state index contributed by atoms with van der Waals surface area (Å²) in [5.41, 5.74) is 0. The number of amides is 1. The number of likely N-dealkylation sites (N-methyl/N-ethyl adjacent to an activating group) is 1. The third kappa shape index (κ3) is 69.6. The summed E-state index contributed by atoms with van der Waals surface area (Å²) >= 11 is 0. The van der Waals surface area contributed by atoms with E-state index in [0.29, 0.717) is 17.4 Å². The van der Waals surface area contributed by atoms with Gasteiger partial charge in [-0.2, -0.15) is 0 Å². The maximum absolute atomic E-state index is 13.1. The van der Waals surface area contributed by atoms with Gasteiger partial charge in [0.05, 0.1) is 39.9 Å². The van der Waals surface area contributed by atoms with Crippen LogP contribution in [0.4, 0.5) is 0 Å². The highest BCUT2D eigenvalue weighted by atomic mass is 31.2. The summed E-state index contributed by atoms with van der Waals surface area (Å²) in [5, 5.41) is 14.0. The van der Waals surface area contributed by atoms with Gasteiger partial charge >= 0.3 is 7.82 Å². The van der Waals surface area contributed by atoms with Crippen LogP contribution in [-0.4, -0.2) is 73.4 Å². The van der Waals surface area contributed by atoms with Gasteiger partial charge < -0.3 is 19.8 Å². The Morgan fingerprint density at radius 1 is 0.398 bits per heavy atom. The van der Waals surface area contributed by atoms with E-state index in [0.717, 1.165) is 135 Å². The maximum atomic E-state index is 13.1. The number of carbonyl (C=O) groups excluding carboxylic acids is 1. The normalized spacial score (nSPS) is 14.6. The molecule has 8 nitrogen and oxygen atoms in total. The first kappa shape index (κ1) is 84.1. The van der Waals surface area contributed by atoms with E-state index < -0.39 is 20.0 Å². The molecule has 0 fully saturated rings. The smallest absolute Gasteiger partial charge is 0.387 e. The summed E-state index contributed by atoms with van der Waals surface area (Å²) < 4.78 is 23.8. The minimum atomic E-state index is -4.38. The molecule has 0 heterocycles. The summed E-state index contributed by atoms with van der Waals surface area (Å²) in [4.78, 5) is 23.4. The third-order valence-electron chi connectivity index (χ3n) is 15.2. The number of quaternary nitrogens is 1. The second kappa shape index (κ2) is 67.5. The molecule has 0 aliphatic carbocycles. The Balaban J connectivity index is 4.23. The van der Waals surface area contributed by atoms with E-state index in [1.807, 2.05) is 27.2 Å². The first-order valence-corrected chi connectivity index (χ1v) is 37.4. The Morgan fingerprint density at radius 3 is 1.05 bits per heavy atom. The molecule has 9 heteroatoms. The number of aliphatic hydroxyl groups excluding tert-OH is 1. The first-order valence-electron chi connectivity index (χ1n) is 35.9. The zero-order valence-corrected chi connectivity index (χ0v) is 58.3. The minimum absolute atomic E-state index is 0.0420. The summed E-state index contributed by atoms with van der Waals surface area (Å²) in [5.74, 6) is -0.210. The number of unbranched alkanes of at least 4 members (excludes halogenated alkanes) is 27. The molecule has 0 aromatic heterocycles. The second-order valence-corrected chi connectivity index (χ2v) is 26.3. The van der Waals surface area contributed by atoms with Crippen LogP contribution in [0.25, 0.3) is 0 Å². The van der Waals surface area contributed by atoms with E-state index in [4.69, 9.17) is 9.05 Å². The molecule has 0 radical (unpaired) electrons. The fourth-order valence-corrected chi connectivity index (χ4v) is 10.4. The van der Waals surface area contributed by atoms with Gasteiger partial charge in [0, 0.05) is 6.42 Å². The Hall–Kier alpha value is -3.88. The Kier molecular flexibility index (Phi) is 64.5. The average Bonchev–Trinajstić information content (AvgIpc) is 3.70. The molecule has 502 valence electrons. The van der Waals surface area contributed by atoms with Crippen molar-refractivity contribution in [3.63, 3.8) is 0 Å². The number of hydrogen-bond acceptors (Lipinski definition) is 5. The lowest BCUT2D eigenvalue weighted by molar-refractivity contribution is -0.870. The van der Waals surface area contributed by atoms with E-state index in [-0.39, 0.29) is 19.1 Å². The van der Waals surface area contributed by atoms with Crippen LogP contribution < -0.4 is 5.32 Å². The van der Waals surface area contributed by atoms with Crippen molar-refractivity contribution in [1.82, 2.24) is 5.32 Å². The second-order valence-electron chi connectivity index (χ2n) is 24.9. The molecule has 0 spiro atoms. The standard InChI is InChI=1S/C79H135N2O6P/c1-6-8-10-12-14-16-18-20-22-24-26-28-30-32-34-36-37-38-39-40-41-42-43-45-47-49-51-53-55-57-59-61-63-65-67-69-71-73-79(83)80-77(76-87-88(84,85)86-75-74-81(3,4)5)78(82)72-70-68-66-64-62-60-58-56-54-52-50-48-46-44-35-33-31-29-27-25-23-21-19-17-15-13-11-9-7-2/h8,10,14,16,20,22,26,28,32,34,37-38,40-41,43,45,49,51,54-57,62,64,70,72,77-78,82H,6-7,9,11-13,15,17-19,21,23-25,27,29-31,33,35-36,39,42,44,46-48,50,52-53,58-61,63,65-69,71,73-76H2,1-5H3,(H-,80,83,84,85)/p+1/b10-8-,16-14-,22-20-,28-26-,34-32-,38-37-,41-40-,45-43-,51-49-,56-54+,57-55-,64-62+,72-70+. The van der Waals surface area contributed by atoms with Crippen molar-refractivity contribution in [1.29, 1.82) is 0 Å². The number of nitrogens with one attached hydrogen (secondary N) is 1. The lowest BCUT2D eigenvalue weighted by Crippen LogP contribution is -2.45. The molecule has 88 heavy (non-hydrogen) atoms. The highest BCUT2D eigenvalue weighted by Crippen LogP contribution is 2.43. The van der Waals surface area contributed by atoms with Gasteiger partial charge in [0.1, 0.15) is 13.2 Å². The van der Waals surface area contributed by atoms with Crippen molar-refractivity contribution in [2.24, 2.45) is 0 Å². The lowest BCUT2D eigenvalue weighted by Gasteiger charge is -2.25. The molecule has 0 saturated carbocycles. The van der Waals surface area contributed by atoms with Crippen LogP contribution in [0.15, 0.2) is 158 Å². The summed E-state index contributed by atoms with van der Waals surface area (Å²) in [7, 11) is 1.52. The van der Waals surface area contributed by atoms with Gasteiger partial charge in [-0.15, -0.1) is 0 Å². The van der Waals surface area contributed by atoms with Crippen LogP contribution in [0.2, 0.25) is 0 Å². The van der Waals surface area contributed by atoms with Crippen LogP contribution in [0.1, 0.15) is 284 Å². The summed E-state index contributed by atoms with van der Waals surface area (Å²) in [6.07, 6.45) is 105. The molecule has 0 aromatic rings. The number of phosphoric ester groups is 1. The number of aliphatic hydroxyl groups is 1. The molecule has 0 rings (SSSR count). The van der Waals surface area contributed by atoms with Gasteiger partial charge in [0.15, 0.2) is 0 Å². The molecule has 0 bridgehead atoms. The van der Waals surface area contributed by atoms with Gasteiger partial charge in [-0.05, 0) is 122 Å². The van der Waals surface area contributed by atoms with Crippen molar-refractivity contribution in [3.05, 3.63) is 158 Å². The largest absolute Gasteiger partial charge is 0.472 e. The van der Waals surface area contributed by atoms with Crippen LogP contribution in [0.3, 0.4) is 0 Å². The van der Waals surface area contributed by atoms with Crippen molar-refractivity contribution in [2.75, 3.05) is 40.9 Å². The van der Waals surface area contributed by atoms with Gasteiger partial charge in [-0.25, -0.2) is 4.57 Å². The van der Waals surface area contributed by atoms with E-state index >= 15 is 0 Å². The maximum Gasteiger partial charge on any atom is 0.472 e. The van der Waals surface area contributed by atoms with E-state index in [9.17, 15) is 19.4 Å². The molecule has 0 saturated heterocycles. The average molecular weight is 1240 g/mol. The van der Waals surface area contributed by atoms with Crippen LogP contribution in [0, 0.1) is 0 Å². The Morgan fingerprint density at radius 2 is 0.693 bits per heavy atom. The number of rotatable bonds is 64. The molecule has 3 unspecified atom stereocenters. The topological polar surface area (TPSA) is 105 Å². The predicted octanol–water partition coefficient (Wildman–Crippen LogP) is 23.3. The number of hydrogen-bond donors (Lipinski definition) is 3. The third-order valence-corrected chi connectivity index (χ3v) is 16.2. The summed E-state index contributed by atoms with van der Waals surface area (Å²) in [6.45, 7) is 4.67. The number of carbonyl (C=O) groups is 1. The molecular weight excluding hydrogens is 1100 g/mol. The van der Waals surface area contributed by atoms with Crippen molar-refractivity contribution in [2.45, 2.75) is 296 Å². The van der Waals surface area contributed by atoms with Crippen molar-refractivity contribution >= 4 is 13.7 Å². The lowest BCUT2D eigenvalue weighted by atomic mass is 10.0. The minimum Gasteiger partial charge on any atom is -0.387 e. The van der Waals surface area contributed by atoms with E-state index in [1.165, 1.54) is 128 Å². The molecular formula is C79H136N2O6P+. The van der Waals surface area contributed by atoms with E-state index in [1.54, 1.807) is 6.08 Å². The number of allylic oxidation sites excluding steroid dienone is 25. The number of phosphoric acid groups is 1. The highest BCUT2D eigenvalue weighted by molar-refractivity contribution is 7.47. The molecule has 3 N–H and O–H groups in total. The molecule has 1 amide bonds.